The van der Waals surface area contributed by atoms with Crippen LogP contribution in [0, 0.1) is 0 Å². The summed E-state index contributed by atoms with van der Waals surface area (Å²) in [4.78, 5) is 12.2. The van der Waals surface area contributed by atoms with Crippen LogP contribution in [0.3, 0.4) is 0 Å². The van der Waals surface area contributed by atoms with Crippen LogP contribution in [-0.2, 0) is 21.2 Å². The highest BCUT2D eigenvalue weighted by Gasteiger charge is 2.22. The molecule has 27 heavy (non-hydrogen) atoms. The van der Waals surface area contributed by atoms with Crippen LogP contribution in [0.15, 0.2) is 59.5 Å². The fourth-order valence-electron chi connectivity index (χ4n) is 2.40. The van der Waals surface area contributed by atoms with Crippen LogP contribution in [0.4, 0.5) is 5.69 Å². The summed E-state index contributed by atoms with van der Waals surface area (Å²) < 4.78 is 27.4. The molecule has 0 spiro atoms. The highest BCUT2D eigenvalue weighted by molar-refractivity contribution is 7.99. The van der Waals surface area contributed by atoms with Gasteiger partial charge in [-0.1, -0.05) is 36.4 Å². The molecule has 0 radical (unpaired) electrons. The summed E-state index contributed by atoms with van der Waals surface area (Å²) in [6.45, 7) is 5.34. The maximum absolute atomic E-state index is 12.4. The summed E-state index contributed by atoms with van der Waals surface area (Å²) in [5.41, 5.74) is 1.14. The lowest BCUT2D eigenvalue weighted by Crippen LogP contribution is -2.40. The van der Waals surface area contributed by atoms with Crippen LogP contribution in [0.2, 0.25) is 0 Å². The summed E-state index contributed by atoms with van der Waals surface area (Å²) in [6, 6.07) is 16.4. The van der Waals surface area contributed by atoms with E-state index in [9.17, 15) is 13.2 Å². The Morgan fingerprint density at radius 2 is 1.74 bits per heavy atom. The van der Waals surface area contributed by atoms with E-state index >= 15 is 0 Å². The number of rotatable bonds is 8. The number of amides is 1. The van der Waals surface area contributed by atoms with Crippen molar-refractivity contribution in [2.24, 2.45) is 0 Å². The van der Waals surface area contributed by atoms with Crippen molar-refractivity contribution in [1.29, 1.82) is 0 Å². The molecule has 0 bridgehead atoms. The Morgan fingerprint density at radius 1 is 1.04 bits per heavy atom. The van der Waals surface area contributed by atoms with E-state index in [1.165, 1.54) is 17.7 Å². The Morgan fingerprint density at radius 3 is 2.41 bits per heavy atom. The van der Waals surface area contributed by atoms with Gasteiger partial charge in [-0.15, -0.1) is 0 Å². The second kappa shape index (κ2) is 9.39. The van der Waals surface area contributed by atoms with E-state index in [4.69, 9.17) is 0 Å². The zero-order valence-corrected chi connectivity index (χ0v) is 17.5. The summed E-state index contributed by atoms with van der Waals surface area (Å²) in [5, 5.41) is 2.76. The van der Waals surface area contributed by atoms with Crippen LogP contribution in [0.1, 0.15) is 26.3 Å². The summed E-state index contributed by atoms with van der Waals surface area (Å²) in [5.74, 6) is 1.03. The third-order valence-corrected chi connectivity index (χ3v) is 6.19. The smallest absolute Gasteiger partial charge is 0.241 e. The number of carbonyl (C=O) groups is 1. The largest absolute Gasteiger partial charge is 0.325 e. The molecule has 2 rings (SSSR count). The molecule has 146 valence electrons. The van der Waals surface area contributed by atoms with Crippen molar-refractivity contribution in [3.05, 3.63) is 60.2 Å². The zero-order valence-electron chi connectivity index (χ0n) is 15.9. The molecule has 0 atom stereocenters. The van der Waals surface area contributed by atoms with E-state index in [-0.39, 0.29) is 10.8 Å². The maximum Gasteiger partial charge on any atom is 0.241 e. The third kappa shape index (κ3) is 7.74. The van der Waals surface area contributed by atoms with Crippen molar-refractivity contribution in [1.82, 2.24) is 4.72 Å². The molecule has 1 amide bonds. The first-order chi connectivity index (χ1) is 12.7. The number of carbonyl (C=O) groups excluding carboxylic acids is 1. The molecule has 7 heteroatoms. The van der Waals surface area contributed by atoms with Gasteiger partial charge in [0, 0.05) is 11.2 Å². The number of sulfonamides is 1. The van der Waals surface area contributed by atoms with Gasteiger partial charge in [0.15, 0.2) is 0 Å². The van der Waals surface area contributed by atoms with Gasteiger partial charge in [-0.3, -0.25) is 4.79 Å². The lowest BCUT2D eigenvalue weighted by atomic mass is 10.1. The van der Waals surface area contributed by atoms with Crippen molar-refractivity contribution in [2.45, 2.75) is 37.6 Å². The second-order valence-corrected chi connectivity index (χ2v) is 10.0. The van der Waals surface area contributed by atoms with E-state index < -0.39 is 15.6 Å². The first kappa shape index (κ1) is 21.5. The van der Waals surface area contributed by atoms with Gasteiger partial charge in [-0.05, 0) is 56.7 Å². The van der Waals surface area contributed by atoms with Gasteiger partial charge in [-0.25, -0.2) is 13.1 Å². The van der Waals surface area contributed by atoms with E-state index in [0.717, 1.165) is 12.2 Å². The Labute approximate surface area is 166 Å². The molecule has 2 aromatic carbocycles. The molecule has 0 aliphatic rings. The molecular formula is C20H26N2O3S2. The van der Waals surface area contributed by atoms with Crippen LogP contribution in [-0.4, -0.2) is 31.4 Å². The standard InChI is InChI=1S/C20H26N2O3S2/c1-20(2,3)22-27(24,25)18-11-7-10-17(14-18)21-19(23)15-26-13-12-16-8-5-4-6-9-16/h4-11,14,22H,12-13,15H2,1-3H3,(H,21,23). The van der Waals surface area contributed by atoms with Gasteiger partial charge < -0.3 is 5.32 Å². The maximum atomic E-state index is 12.4. The highest BCUT2D eigenvalue weighted by atomic mass is 32.2. The molecule has 2 N–H and O–H groups in total. The fraction of sp³-hybridized carbons (Fsp3) is 0.350. The fourth-order valence-corrected chi connectivity index (χ4v) is 4.65. The molecule has 2 aromatic rings. The SMILES string of the molecule is CC(C)(C)NS(=O)(=O)c1cccc(NC(=O)CSCCc2ccccc2)c1. The minimum atomic E-state index is -3.63. The molecule has 5 nitrogen and oxygen atoms in total. The van der Waals surface area contributed by atoms with Crippen molar-refractivity contribution >= 4 is 33.4 Å². The van der Waals surface area contributed by atoms with Gasteiger partial charge in [-0.2, -0.15) is 11.8 Å². The van der Waals surface area contributed by atoms with Gasteiger partial charge >= 0.3 is 0 Å². The lowest BCUT2D eigenvalue weighted by Gasteiger charge is -2.20. The summed E-state index contributed by atoms with van der Waals surface area (Å²) in [7, 11) is -3.63. The van der Waals surface area contributed by atoms with Gasteiger partial charge in [0.05, 0.1) is 10.6 Å². The molecule has 0 aliphatic heterocycles. The van der Waals surface area contributed by atoms with Crippen molar-refractivity contribution in [3.63, 3.8) is 0 Å². The van der Waals surface area contributed by atoms with Gasteiger partial charge in [0.2, 0.25) is 15.9 Å². The Balaban J connectivity index is 1.87. The van der Waals surface area contributed by atoms with Crippen LogP contribution in [0.5, 0.6) is 0 Å². The van der Waals surface area contributed by atoms with Crippen LogP contribution in [0.25, 0.3) is 0 Å². The number of benzene rings is 2. The quantitative estimate of drug-likeness (QED) is 0.656. The minimum absolute atomic E-state index is 0.131. The number of anilines is 1. The number of aryl methyl sites for hydroxylation is 1. The van der Waals surface area contributed by atoms with Gasteiger partial charge in [0.1, 0.15) is 0 Å². The predicted molar refractivity (Wildman–Crippen MR) is 113 cm³/mol. The summed E-state index contributed by atoms with van der Waals surface area (Å²) in [6.07, 6.45) is 0.908. The number of nitrogens with one attached hydrogen (secondary N) is 2. The van der Waals surface area contributed by atoms with Crippen molar-refractivity contribution in [2.75, 3.05) is 16.8 Å². The van der Waals surface area contributed by atoms with Crippen molar-refractivity contribution < 1.29 is 13.2 Å². The average Bonchev–Trinajstić information content (AvgIpc) is 2.58. The van der Waals surface area contributed by atoms with Crippen LogP contribution >= 0.6 is 11.8 Å². The third-order valence-electron chi connectivity index (χ3n) is 3.48. The first-order valence-electron chi connectivity index (χ1n) is 8.71. The second-order valence-electron chi connectivity index (χ2n) is 7.22. The Hall–Kier alpha value is -1.83. The number of hydrogen-bond acceptors (Lipinski definition) is 4. The Kier molecular flexibility index (Phi) is 7.47. The lowest BCUT2D eigenvalue weighted by molar-refractivity contribution is -0.113. The molecule has 0 fully saturated rings. The Bertz CT molecular complexity index is 860. The average molecular weight is 407 g/mol. The molecule has 0 saturated heterocycles. The monoisotopic (exact) mass is 406 g/mol. The molecule has 0 aliphatic carbocycles. The van der Waals surface area contributed by atoms with Gasteiger partial charge in [0.25, 0.3) is 0 Å². The normalized spacial score (nSPS) is 12.0. The zero-order chi connectivity index (χ0) is 19.9. The molecule has 0 heterocycles. The van der Waals surface area contributed by atoms with Crippen LogP contribution < -0.4 is 10.0 Å². The van der Waals surface area contributed by atoms with E-state index in [1.807, 2.05) is 18.2 Å². The summed E-state index contributed by atoms with van der Waals surface area (Å²) >= 11 is 1.55. The van der Waals surface area contributed by atoms with E-state index in [1.54, 1.807) is 44.7 Å². The molecule has 0 unspecified atom stereocenters. The molecular weight excluding hydrogens is 380 g/mol. The van der Waals surface area contributed by atoms with E-state index in [2.05, 4.69) is 22.2 Å². The minimum Gasteiger partial charge on any atom is -0.325 e. The topological polar surface area (TPSA) is 75.3 Å². The first-order valence-corrected chi connectivity index (χ1v) is 11.4. The van der Waals surface area contributed by atoms with E-state index in [0.29, 0.717) is 11.4 Å². The molecule has 0 aromatic heterocycles. The highest BCUT2D eigenvalue weighted by Crippen LogP contribution is 2.18. The predicted octanol–water partition coefficient (Wildman–Crippen LogP) is 3.68. The van der Waals surface area contributed by atoms with Crippen molar-refractivity contribution in [3.8, 4) is 0 Å². The molecule has 0 saturated carbocycles. The number of thioether (sulfide) groups is 1. The number of hydrogen-bond donors (Lipinski definition) is 2.